The van der Waals surface area contributed by atoms with Gasteiger partial charge in [-0.15, -0.1) is 11.3 Å². The van der Waals surface area contributed by atoms with Gasteiger partial charge in [-0.1, -0.05) is 23.8 Å². The number of aliphatic imine (C=N–C) groups is 1. The zero-order chi connectivity index (χ0) is 21.4. The molecule has 164 valence electrons. The predicted molar refractivity (Wildman–Crippen MR) is 126 cm³/mol. The first kappa shape index (κ1) is 22.6. The van der Waals surface area contributed by atoms with Gasteiger partial charge in [0.25, 0.3) is 0 Å². The number of rotatable bonds is 8. The number of benzene rings is 1. The Hall–Kier alpha value is -2.05. The number of aryl methyl sites for hydroxylation is 1. The molecule has 1 fully saturated rings. The van der Waals surface area contributed by atoms with Crippen LogP contribution in [0.1, 0.15) is 35.8 Å². The van der Waals surface area contributed by atoms with E-state index in [-0.39, 0.29) is 5.41 Å². The average Bonchev–Trinajstić information content (AvgIpc) is 3.29. The summed E-state index contributed by atoms with van der Waals surface area (Å²) in [5.41, 5.74) is 2.44. The number of methoxy groups -OCH3 is 1. The summed E-state index contributed by atoms with van der Waals surface area (Å²) in [4.78, 5) is 8.76. The van der Waals surface area contributed by atoms with Crippen LogP contribution >= 0.6 is 11.3 Å². The monoisotopic (exact) mass is 429 g/mol. The minimum atomic E-state index is -0.0646. The Kier molecular flexibility index (Phi) is 8.16. The van der Waals surface area contributed by atoms with E-state index in [1.165, 1.54) is 16.0 Å². The molecule has 1 saturated heterocycles. The summed E-state index contributed by atoms with van der Waals surface area (Å²) in [7, 11) is 3.88. The first-order chi connectivity index (χ1) is 14.6. The topological polar surface area (TPSA) is 46.1 Å². The maximum atomic E-state index is 5.75. The lowest BCUT2D eigenvalue weighted by Crippen LogP contribution is -2.42. The lowest BCUT2D eigenvalue weighted by atomic mass is 9.73. The fourth-order valence-electron chi connectivity index (χ4n) is 4.05. The van der Waals surface area contributed by atoms with Crippen molar-refractivity contribution in [1.29, 1.82) is 0 Å². The van der Waals surface area contributed by atoms with Gasteiger partial charge in [0, 0.05) is 49.2 Å². The van der Waals surface area contributed by atoms with Gasteiger partial charge in [-0.3, -0.25) is 4.99 Å². The van der Waals surface area contributed by atoms with E-state index in [9.17, 15) is 0 Å². The van der Waals surface area contributed by atoms with Gasteiger partial charge in [0.2, 0.25) is 0 Å². The molecule has 0 atom stereocenters. The lowest BCUT2D eigenvalue weighted by molar-refractivity contribution is 0.0522. The second-order valence-corrected chi connectivity index (χ2v) is 9.05. The van der Waals surface area contributed by atoms with Crippen LogP contribution in [0, 0.1) is 6.92 Å². The van der Waals surface area contributed by atoms with E-state index in [0.29, 0.717) is 0 Å². The summed E-state index contributed by atoms with van der Waals surface area (Å²) in [6, 6.07) is 10.8. The molecule has 0 spiro atoms. The Morgan fingerprint density at radius 1 is 1.30 bits per heavy atom. The van der Waals surface area contributed by atoms with Crippen molar-refractivity contribution in [3.63, 3.8) is 0 Å². The average molecular weight is 430 g/mol. The standard InChI is InChI=1S/C24H35N3O2S/c1-5-25-23(27(3)13-10-20-7-6-16-30-20)26-18-24(11-14-29-15-12-24)21-17-19(2)8-9-22(21)28-4/h6-9,16-17H,5,10-15,18H2,1-4H3,(H,25,26). The van der Waals surface area contributed by atoms with Gasteiger partial charge in [-0.2, -0.15) is 0 Å². The van der Waals surface area contributed by atoms with Crippen LogP contribution in [0.5, 0.6) is 5.75 Å². The first-order valence-corrected chi connectivity index (χ1v) is 11.7. The van der Waals surface area contributed by atoms with Gasteiger partial charge in [-0.05, 0) is 50.6 Å². The number of thiophene rings is 1. The fourth-order valence-corrected chi connectivity index (χ4v) is 4.74. The predicted octanol–water partition coefficient (Wildman–Crippen LogP) is 4.25. The Balaban J connectivity index is 1.83. The molecule has 2 heterocycles. The van der Waals surface area contributed by atoms with Crippen molar-refractivity contribution in [2.75, 3.05) is 47.0 Å². The molecule has 0 amide bonds. The van der Waals surface area contributed by atoms with Gasteiger partial charge in [0.05, 0.1) is 13.7 Å². The molecule has 1 aliphatic heterocycles. The lowest BCUT2D eigenvalue weighted by Gasteiger charge is -2.38. The number of likely N-dealkylation sites (N-methyl/N-ethyl adjacent to an activating group) is 1. The van der Waals surface area contributed by atoms with E-state index in [2.05, 4.69) is 66.8 Å². The molecule has 5 nitrogen and oxygen atoms in total. The van der Waals surface area contributed by atoms with Crippen LogP contribution < -0.4 is 10.1 Å². The number of hydrogen-bond acceptors (Lipinski definition) is 4. The summed E-state index contributed by atoms with van der Waals surface area (Å²) >= 11 is 1.81. The van der Waals surface area contributed by atoms with E-state index >= 15 is 0 Å². The van der Waals surface area contributed by atoms with Crippen molar-refractivity contribution in [2.45, 2.75) is 38.5 Å². The van der Waals surface area contributed by atoms with Crippen LogP contribution in [0.2, 0.25) is 0 Å². The van der Waals surface area contributed by atoms with Gasteiger partial charge in [0.15, 0.2) is 5.96 Å². The van der Waals surface area contributed by atoms with Crippen LogP contribution in [-0.4, -0.2) is 57.9 Å². The number of guanidine groups is 1. The quantitative estimate of drug-likeness (QED) is 0.503. The minimum absolute atomic E-state index is 0.0646. The second-order valence-electron chi connectivity index (χ2n) is 8.02. The van der Waals surface area contributed by atoms with E-state index in [1.54, 1.807) is 7.11 Å². The zero-order valence-corrected chi connectivity index (χ0v) is 19.6. The van der Waals surface area contributed by atoms with Crippen LogP contribution in [0.4, 0.5) is 0 Å². The molecule has 0 unspecified atom stereocenters. The van der Waals surface area contributed by atoms with Crippen molar-refractivity contribution in [3.05, 3.63) is 51.7 Å². The Morgan fingerprint density at radius 2 is 2.10 bits per heavy atom. The van der Waals surface area contributed by atoms with Crippen molar-refractivity contribution in [1.82, 2.24) is 10.2 Å². The van der Waals surface area contributed by atoms with E-state index in [1.807, 2.05) is 11.3 Å². The summed E-state index contributed by atoms with van der Waals surface area (Å²) in [5.74, 6) is 1.92. The Morgan fingerprint density at radius 3 is 2.77 bits per heavy atom. The molecule has 0 saturated carbocycles. The SMILES string of the molecule is CCNC(=NCC1(c2cc(C)ccc2OC)CCOCC1)N(C)CCc1cccs1. The zero-order valence-electron chi connectivity index (χ0n) is 18.7. The van der Waals surface area contributed by atoms with Gasteiger partial charge in [0.1, 0.15) is 5.75 Å². The van der Waals surface area contributed by atoms with Gasteiger partial charge >= 0.3 is 0 Å². The highest BCUT2D eigenvalue weighted by molar-refractivity contribution is 7.09. The highest BCUT2D eigenvalue weighted by Gasteiger charge is 2.37. The maximum Gasteiger partial charge on any atom is 0.193 e. The summed E-state index contributed by atoms with van der Waals surface area (Å²) in [5, 5.41) is 5.62. The molecule has 3 rings (SSSR count). The van der Waals surface area contributed by atoms with Crippen molar-refractivity contribution in [2.24, 2.45) is 4.99 Å². The molecule has 2 aromatic rings. The van der Waals surface area contributed by atoms with E-state index in [4.69, 9.17) is 14.5 Å². The Labute approximate surface area is 185 Å². The molecule has 1 N–H and O–H groups in total. The molecule has 1 aromatic heterocycles. The normalized spacial score (nSPS) is 16.3. The highest BCUT2D eigenvalue weighted by Crippen LogP contribution is 2.40. The number of nitrogens with zero attached hydrogens (tertiary/aromatic N) is 2. The molecule has 30 heavy (non-hydrogen) atoms. The molecule has 1 aromatic carbocycles. The maximum absolute atomic E-state index is 5.75. The second kappa shape index (κ2) is 10.8. The summed E-state index contributed by atoms with van der Waals surface area (Å²) in [6.07, 6.45) is 2.94. The van der Waals surface area contributed by atoms with Crippen molar-refractivity contribution in [3.8, 4) is 5.75 Å². The molecular formula is C24H35N3O2S. The number of hydrogen-bond donors (Lipinski definition) is 1. The smallest absolute Gasteiger partial charge is 0.193 e. The molecule has 1 aliphatic rings. The van der Waals surface area contributed by atoms with E-state index in [0.717, 1.165) is 63.8 Å². The fraction of sp³-hybridized carbons (Fsp3) is 0.542. The molecular weight excluding hydrogens is 394 g/mol. The molecule has 0 bridgehead atoms. The minimum Gasteiger partial charge on any atom is -0.496 e. The highest BCUT2D eigenvalue weighted by atomic mass is 32.1. The third-order valence-corrected chi connectivity index (χ3v) is 6.81. The number of nitrogens with one attached hydrogen (secondary N) is 1. The molecule has 0 radical (unpaired) electrons. The Bertz CT molecular complexity index is 814. The van der Waals surface area contributed by atoms with Crippen LogP contribution in [0.3, 0.4) is 0 Å². The van der Waals surface area contributed by atoms with Crippen LogP contribution in [0.25, 0.3) is 0 Å². The summed E-state index contributed by atoms with van der Waals surface area (Å²) < 4.78 is 11.5. The van der Waals surface area contributed by atoms with Crippen LogP contribution in [-0.2, 0) is 16.6 Å². The van der Waals surface area contributed by atoms with Gasteiger partial charge in [-0.25, -0.2) is 0 Å². The van der Waals surface area contributed by atoms with Crippen molar-refractivity contribution < 1.29 is 9.47 Å². The van der Waals surface area contributed by atoms with E-state index < -0.39 is 0 Å². The summed E-state index contributed by atoms with van der Waals surface area (Å²) in [6.45, 7) is 8.30. The van der Waals surface area contributed by atoms with Gasteiger partial charge < -0.3 is 19.7 Å². The molecule has 0 aliphatic carbocycles. The third-order valence-electron chi connectivity index (χ3n) is 5.88. The van der Waals surface area contributed by atoms with Crippen molar-refractivity contribution >= 4 is 17.3 Å². The largest absolute Gasteiger partial charge is 0.496 e. The van der Waals surface area contributed by atoms with Crippen LogP contribution in [0.15, 0.2) is 40.7 Å². The third kappa shape index (κ3) is 5.55. The molecule has 6 heteroatoms. The first-order valence-electron chi connectivity index (χ1n) is 10.8. The number of ether oxygens (including phenoxy) is 2.